The second-order valence-electron chi connectivity index (χ2n) is 14.4. The molecule has 0 heterocycles. The molecule has 0 spiro atoms. The van der Waals surface area contributed by atoms with E-state index in [1.165, 1.54) is 83.5 Å². The normalized spacial score (nSPS) is 14.0. The van der Waals surface area contributed by atoms with Crippen LogP contribution in [0.1, 0.15) is 188 Å². The number of aliphatic hydroxyl groups is 1. The van der Waals surface area contributed by atoms with Crippen LogP contribution in [0.25, 0.3) is 0 Å². The third-order valence-corrected chi connectivity index (χ3v) is 9.78. The Morgan fingerprint density at radius 3 is 1.71 bits per heavy atom. The van der Waals surface area contributed by atoms with Gasteiger partial charge in [0.2, 0.25) is 0 Å². The molecule has 0 aliphatic heterocycles. The van der Waals surface area contributed by atoms with E-state index in [0.717, 1.165) is 57.3 Å². The lowest BCUT2D eigenvalue weighted by Crippen LogP contribution is -2.29. The summed E-state index contributed by atoms with van der Waals surface area (Å²) in [5, 5.41) is 9.84. The molecule has 0 aliphatic carbocycles. The van der Waals surface area contributed by atoms with Gasteiger partial charge in [-0.05, 0) is 44.4 Å². The summed E-state index contributed by atoms with van der Waals surface area (Å²) in [6, 6.07) is 0. The summed E-state index contributed by atoms with van der Waals surface area (Å²) < 4.78 is 26.3. The number of carbonyl (C=O) groups is 2. The minimum absolute atomic E-state index is 0.166. The van der Waals surface area contributed by atoms with Crippen molar-refractivity contribution in [1.29, 1.82) is 0 Å². The number of carbonyl (C=O) groups excluding carboxylic acids is 2. The first-order valence-corrected chi connectivity index (χ1v) is 22.3. The Hall–Kier alpha value is -1.77. The lowest BCUT2D eigenvalue weighted by atomic mass is 9.99. The lowest BCUT2D eigenvalue weighted by Gasteiger charge is -2.18. The van der Waals surface area contributed by atoms with E-state index in [2.05, 4.69) is 31.4 Å². The fourth-order valence-corrected chi connectivity index (χ4v) is 6.16. The first kappa shape index (κ1) is 50.2. The maximum Gasteiger partial charge on any atom is 0.469 e. The van der Waals surface area contributed by atoms with Gasteiger partial charge < -0.3 is 24.4 Å². The molecule has 0 bridgehead atoms. The van der Waals surface area contributed by atoms with Crippen LogP contribution in [-0.4, -0.2) is 52.3 Å². The summed E-state index contributed by atoms with van der Waals surface area (Å²) in [5.41, 5.74) is 0. The third kappa shape index (κ3) is 38.0. The van der Waals surface area contributed by atoms with Crippen molar-refractivity contribution in [2.45, 2.75) is 200 Å². The van der Waals surface area contributed by atoms with Gasteiger partial charge in [0, 0.05) is 12.8 Å². The molecule has 0 radical (unpaired) electrons. The van der Waals surface area contributed by atoms with E-state index in [1.807, 2.05) is 24.3 Å². The molecule has 9 nitrogen and oxygen atoms in total. The highest BCUT2D eigenvalue weighted by Gasteiger charge is 2.23. The molecule has 0 amide bonds. The number of allylic oxidation sites excluding steroid dienone is 4. The van der Waals surface area contributed by atoms with E-state index in [-0.39, 0.29) is 19.4 Å². The van der Waals surface area contributed by atoms with Gasteiger partial charge in [0.25, 0.3) is 0 Å². The molecule has 10 heteroatoms. The standard InChI is InChI=1S/C42H77O9P/c1-4-6-26-32-39(43)33-28-23-19-15-13-17-21-25-30-35-42(45)51-40(37-50-52(46,47)48)36-49-41(44)34-29-24-20-16-12-10-8-7-9-11-14-18-22-27-31-38(3)5-2/h6,19,23,26,28,33,38-40,43H,4-5,7-18,20-22,24-25,27,29-32,34-37H2,1-3H3,(H2,46,47,48)/b23-19+,26-6+,33-28+/t38?,39?,40-/m1/s1. The van der Waals surface area contributed by atoms with Crippen LogP contribution < -0.4 is 0 Å². The molecule has 0 aromatic rings. The fraction of sp³-hybridized carbons (Fsp3) is 0.810. The highest BCUT2D eigenvalue weighted by atomic mass is 31.2. The van der Waals surface area contributed by atoms with E-state index in [1.54, 1.807) is 6.08 Å². The van der Waals surface area contributed by atoms with Gasteiger partial charge in [-0.25, -0.2) is 4.57 Å². The number of unbranched alkanes of at least 4 members (excludes halogenated alkanes) is 18. The van der Waals surface area contributed by atoms with Crippen LogP contribution in [-0.2, 0) is 28.2 Å². The Kier molecular flexibility index (Phi) is 35.0. The Morgan fingerprint density at radius 2 is 1.17 bits per heavy atom. The fourth-order valence-electron chi connectivity index (χ4n) is 5.80. The summed E-state index contributed by atoms with van der Waals surface area (Å²) in [6.45, 7) is 5.83. The van der Waals surface area contributed by atoms with E-state index < -0.39 is 38.6 Å². The van der Waals surface area contributed by atoms with Crippen LogP contribution in [0, 0.1) is 5.92 Å². The first-order valence-electron chi connectivity index (χ1n) is 20.8. The average molecular weight is 757 g/mol. The zero-order valence-electron chi connectivity index (χ0n) is 33.2. The molecule has 52 heavy (non-hydrogen) atoms. The quantitative estimate of drug-likeness (QED) is 0.0186. The summed E-state index contributed by atoms with van der Waals surface area (Å²) in [7, 11) is -4.77. The number of aliphatic hydroxyl groups excluding tert-OH is 1. The molecular formula is C42H77O9P. The summed E-state index contributed by atoms with van der Waals surface area (Å²) in [4.78, 5) is 42.8. The highest BCUT2D eigenvalue weighted by molar-refractivity contribution is 7.46. The van der Waals surface area contributed by atoms with Crippen molar-refractivity contribution < 1.29 is 43.0 Å². The molecule has 0 saturated carbocycles. The van der Waals surface area contributed by atoms with Crippen LogP contribution in [0.5, 0.6) is 0 Å². The van der Waals surface area contributed by atoms with E-state index >= 15 is 0 Å². The average Bonchev–Trinajstić information content (AvgIpc) is 3.11. The van der Waals surface area contributed by atoms with Crippen molar-refractivity contribution in [1.82, 2.24) is 0 Å². The number of esters is 2. The molecule has 0 aliphatic rings. The zero-order chi connectivity index (χ0) is 38.5. The maximum atomic E-state index is 12.4. The molecule has 2 unspecified atom stereocenters. The van der Waals surface area contributed by atoms with Crippen LogP contribution >= 0.6 is 7.82 Å². The number of hydrogen-bond acceptors (Lipinski definition) is 7. The second kappa shape index (κ2) is 36.2. The van der Waals surface area contributed by atoms with Crippen LogP contribution in [0.15, 0.2) is 36.5 Å². The molecule has 0 rings (SSSR count). The molecule has 3 N–H and O–H groups in total. The number of hydrogen-bond donors (Lipinski definition) is 3. The largest absolute Gasteiger partial charge is 0.469 e. The molecular weight excluding hydrogens is 679 g/mol. The number of phosphoric acid groups is 1. The van der Waals surface area contributed by atoms with Crippen molar-refractivity contribution in [2.75, 3.05) is 13.2 Å². The molecule has 0 saturated heterocycles. The monoisotopic (exact) mass is 757 g/mol. The maximum absolute atomic E-state index is 12.4. The predicted octanol–water partition coefficient (Wildman–Crippen LogP) is 11.4. The van der Waals surface area contributed by atoms with Gasteiger partial charge in [0.1, 0.15) is 6.61 Å². The molecule has 304 valence electrons. The minimum atomic E-state index is -4.77. The van der Waals surface area contributed by atoms with Gasteiger partial charge >= 0.3 is 19.8 Å². The van der Waals surface area contributed by atoms with Gasteiger partial charge in [-0.1, -0.05) is 173 Å². The number of rotatable bonds is 37. The molecule has 3 atom stereocenters. The van der Waals surface area contributed by atoms with Crippen molar-refractivity contribution in [3.8, 4) is 0 Å². The molecule has 0 aromatic carbocycles. The smallest absolute Gasteiger partial charge is 0.462 e. The Balaban J connectivity index is 3.97. The van der Waals surface area contributed by atoms with Crippen molar-refractivity contribution in [3.63, 3.8) is 0 Å². The SMILES string of the molecule is CC/C=C/CC(O)/C=C/C=C/CCCCCCCC(=O)O[C@H](COC(=O)CCCCCCCCCCCCCCCCC(C)CC)COP(=O)(O)O. The minimum Gasteiger partial charge on any atom is -0.462 e. The number of ether oxygens (including phenoxy) is 2. The zero-order valence-corrected chi connectivity index (χ0v) is 34.1. The number of phosphoric ester groups is 1. The van der Waals surface area contributed by atoms with Gasteiger partial charge in [0.15, 0.2) is 6.10 Å². The van der Waals surface area contributed by atoms with Crippen molar-refractivity contribution >= 4 is 19.8 Å². The topological polar surface area (TPSA) is 140 Å². The Labute approximate surface area is 317 Å². The van der Waals surface area contributed by atoms with Gasteiger partial charge in [0.05, 0.1) is 12.7 Å². The van der Waals surface area contributed by atoms with Gasteiger partial charge in [-0.3, -0.25) is 14.1 Å². The molecule has 0 fully saturated rings. The van der Waals surface area contributed by atoms with Gasteiger partial charge in [-0.15, -0.1) is 0 Å². The predicted molar refractivity (Wildman–Crippen MR) is 213 cm³/mol. The van der Waals surface area contributed by atoms with Crippen molar-refractivity contribution in [3.05, 3.63) is 36.5 Å². The van der Waals surface area contributed by atoms with Crippen molar-refractivity contribution in [2.24, 2.45) is 5.92 Å². The summed E-state index contributed by atoms with van der Waals surface area (Å²) >= 11 is 0. The molecule has 0 aromatic heterocycles. The van der Waals surface area contributed by atoms with E-state index in [4.69, 9.17) is 19.3 Å². The summed E-state index contributed by atoms with van der Waals surface area (Å²) in [6.07, 6.45) is 37.6. The third-order valence-electron chi connectivity index (χ3n) is 9.29. The van der Waals surface area contributed by atoms with Crippen LogP contribution in [0.4, 0.5) is 0 Å². The Morgan fingerprint density at radius 1 is 0.654 bits per heavy atom. The van der Waals surface area contributed by atoms with Crippen LogP contribution in [0.3, 0.4) is 0 Å². The Bertz CT molecular complexity index is 975. The highest BCUT2D eigenvalue weighted by Crippen LogP contribution is 2.36. The second-order valence-corrected chi connectivity index (χ2v) is 15.6. The van der Waals surface area contributed by atoms with E-state index in [0.29, 0.717) is 19.3 Å². The lowest BCUT2D eigenvalue weighted by molar-refractivity contribution is -0.161. The van der Waals surface area contributed by atoms with E-state index in [9.17, 15) is 19.3 Å². The first-order chi connectivity index (χ1) is 25.1. The summed E-state index contributed by atoms with van der Waals surface area (Å²) in [5.74, 6) is -0.0559. The van der Waals surface area contributed by atoms with Gasteiger partial charge in [-0.2, -0.15) is 0 Å². The van der Waals surface area contributed by atoms with Crippen LogP contribution in [0.2, 0.25) is 0 Å².